The number of rotatable bonds is 5. The van der Waals surface area contributed by atoms with Crippen molar-refractivity contribution in [3.8, 4) is 0 Å². The van der Waals surface area contributed by atoms with E-state index in [9.17, 15) is 13.8 Å². The number of ether oxygens (including phenoxy) is 1. The number of carbonyl (C=O) groups excluding carboxylic acids is 2. The molecule has 0 aromatic heterocycles. The second-order valence-corrected chi connectivity index (χ2v) is 5.60. The van der Waals surface area contributed by atoms with E-state index in [0.29, 0.717) is 4.90 Å². The molecule has 0 saturated carbocycles. The smallest absolute Gasteiger partial charge is 0.329 e. The van der Waals surface area contributed by atoms with Crippen LogP contribution in [0.25, 0.3) is 0 Å². The van der Waals surface area contributed by atoms with Crippen LogP contribution in [0.4, 0.5) is 0 Å². The highest BCUT2D eigenvalue weighted by Gasteiger charge is 2.23. The quantitative estimate of drug-likeness (QED) is 0.811. The first kappa shape index (κ1) is 15.4. The Bertz CT molecular complexity index is 501. The average molecular weight is 283 g/mol. The van der Waals surface area contributed by atoms with Crippen LogP contribution >= 0.6 is 0 Å². The second-order valence-electron chi connectivity index (χ2n) is 4.10. The molecule has 0 heterocycles. The van der Waals surface area contributed by atoms with Crippen LogP contribution in [-0.4, -0.2) is 35.0 Å². The molecule has 0 aliphatic heterocycles. The average Bonchev–Trinajstić information content (AvgIpc) is 2.36. The van der Waals surface area contributed by atoms with E-state index in [1.165, 1.54) is 14.0 Å². The Morgan fingerprint density at radius 3 is 2.63 bits per heavy atom. The summed E-state index contributed by atoms with van der Waals surface area (Å²) in [4.78, 5) is 23.2. The van der Waals surface area contributed by atoms with Crippen LogP contribution in [-0.2, 0) is 25.1 Å². The lowest BCUT2D eigenvalue weighted by atomic mass is 10.2. The number of carbonyl (C=O) groups is 2. The van der Waals surface area contributed by atoms with Crippen molar-refractivity contribution in [3.05, 3.63) is 29.8 Å². The van der Waals surface area contributed by atoms with Gasteiger partial charge in [-0.05, 0) is 24.6 Å². The number of hydrogen-bond donors (Lipinski definition) is 1. The molecule has 2 unspecified atom stereocenters. The summed E-state index contributed by atoms with van der Waals surface area (Å²) in [5.41, 5.74) is 0.986. The predicted octanol–water partition coefficient (Wildman–Crippen LogP) is 0.780. The first-order valence-electron chi connectivity index (χ1n) is 5.74. The summed E-state index contributed by atoms with van der Waals surface area (Å²) in [5.74, 6) is -0.969. The van der Waals surface area contributed by atoms with E-state index in [1.54, 1.807) is 18.2 Å². The summed E-state index contributed by atoms with van der Waals surface area (Å²) in [6, 6.07) is 6.31. The van der Waals surface area contributed by atoms with Crippen molar-refractivity contribution in [1.82, 2.24) is 5.32 Å². The molecule has 5 nitrogen and oxygen atoms in total. The van der Waals surface area contributed by atoms with Crippen molar-refractivity contribution in [2.24, 2.45) is 0 Å². The monoisotopic (exact) mass is 283 g/mol. The molecule has 0 saturated heterocycles. The molecular formula is C13H17NO4S. The van der Waals surface area contributed by atoms with Crippen LogP contribution < -0.4 is 5.32 Å². The number of aryl methyl sites for hydroxylation is 1. The van der Waals surface area contributed by atoms with Crippen molar-refractivity contribution in [2.75, 3.05) is 12.9 Å². The van der Waals surface area contributed by atoms with Crippen molar-refractivity contribution < 1.29 is 18.5 Å². The van der Waals surface area contributed by atoms with Gasteiger partial charge < -0.3 is 10.1 Å². The van der Waals surface area contributed by atoms with E-state index in [0.717, 1.165) is 5.56 Å². The maximum absolute atomic E-state index is 12.2. The van der Waals surface area contributed by atoms with Gasteiger partial charge in [0.15, 0.2) is 0 Å². The van der Waals surface area contributed by atoms with Gasteiger partial charge in [0.05, 0.1) is 23.7 Å². The Labute approximate surface area is 114 Å². The van der Waals surface area contributed by atoms with Gasteiger partial charge in [0.1, 0.15) is 6.04 Å². The molecule has 1 N–H and O–H groups in total. The number of methoxy groups -OCH3 is 1. The third-order valence-electron chi connectivity index (χ3n) is 2.43. The molecule has 0 radical (unpaired) electrons. The van der Waals surface area contributed by atoms with Crippen molar-refractivity contribution in [2.45, 2.75) is 24.8 Å². The zero-order valence-electron chi connectivity index (χ0n) is 11.1. The Morgan fingerprint density at radius 2 is 2.11 bits per heavy atom. The van der Waals surface area contributed by atoms with Gasteiger partial charge in [0.2, 0.25) is 5.91 Å². The van der Waals surface area contributed by atoms with Crippen LogP contribution in [0.15, 0.2) is 29.2 Å². The highest BCUT2D eigenvalue weighted by Crippen LogP contribution is 2.10. The van der Waals surface area contributed by atoms with E-state index < -0.39 is 22.8 Å². The molecule has 1 aromatic carbocycles. The van der Waals surface area contributed by atoms with Gasteiger partial charge in [-0.2, -0.15) is 0 Å². The largest absolute Gasteiger partial charge is 0.467 e. The topological polar surface area (TPSA) is 72.5 Å². The SMILES string of the molecule is COC(=O)C(CS(=O)c1cccc(C)c1)NC(C)=O. The van der Waals surface area contributed by atoms with Gasteiger partial charge in [-0.15, -0.1) is 0 Å². The van der Waals surface area contributed by atoms with Crippen LogP contribution in [0.5, 0.6) is 0 Å². The lowest BCUT2D eigenvalue weighted by Crippen LogP contribution is -2.44. The fourth-order valence-corrected chi connectivity index (χ4v) is 2.82. The number of nitrogens with one attached hydrogen (secondary N) is 1. The first-order valence-corrected chi connectivity index (χ1v) is 7.06. The maximum Gasteiger partial charge on any atom is 0.329 e. The molecule has 1 amide bonds. The van der Waals surface area contributed by atoms with Crippen molar-refractivity contribution in [3.63, 3.8) is 0 Å². The molecule has 0 fully saturated rings. The van der Waals surface area contributed by atoms with Crippen molar-refractivity contribution in [1.29, 1.82) is 0 Å². The minimum absolute atomic E-state index is 0.00426. The summed E-state index contributed by atoms with van der Waals surface area (Å²) < 4.78 is 16.7. The molecule has 1 rings (SSSR count). The van der Waals surface area contributed by atoms with Gasteiger partial charge >= 0.3 is 5.97 Å². The number of esters is 1. The molecule has 0 aliphatic carbocycles. The molecule has 0 spiro atoms. The fraction of sp³-hybridized carbons (Fsp3) is 0.385. The lowest BCUT2D eigenvalue weighted by molar-refractivity contribution is -0.144. The standard InChI is InChI=1S/C13H17NO4S/c1-9-5-4-6-11(7-9)19(17)8-12(13(16)18-3)14-10(2)15/h4-7,12H,8H2,1-3H3,(H,14,15). The summed E-state index contributed by atoms with van der Waals surface area (Å²) in [6.45, 7) is 3.19. The molecule has 6 heteroatoms. The van der Waals surface area contributed by atoms with Gasteiger partial charge in [0, 0.05) is 11.8 Å². The zero-order valence-corrected chi connectivity index (χ0v) is 12.0. The molecule has 19 heavy (non-hydrogen) atoms. The minimum atomic E-state index is -1.38. The second kappa shape index (κ2) is 7.04. The van der Waals surface area contributed by atoms with Crippen LogP contribution in [0, 0.1) is 6.92 Å². The predicted molar refractivity (Wildman–Crippen MR) is 72.1 cm³/mol. The molecule has 104 valence electrons. The summed E-state index contributed by atoms with van der Waals surface area (Å²) in [6.07, 6.45) is 0. The van der Waals surface area contributed by atoms with Gasteiger partial charge in [-0.25, -0.2) is 4.79 Å². The highest BCUT2D eigenvalue weighted by atomic mass is 32.2. The maximum atomic E-state index is 12.2. The Hall–Kier alpha value is -1.69. The molecular weight excluding hydrogens is 266 g/mol. The van der Waals surface area contributed by atoms with Gasteiger partial charge in [-0.1, -0.05) is 12.1 Å². The summed E-state index contributed by atoms with van der Waals surface area (Å²) in [5, 5.41) is 2.44. The summed E-state index contributed by atoms with van der Waals surface area (Å²) >= 11 is 0. The molecule has 0 bridgehead atoms. The Balaban J connectivity index is 2.81. The van der Waals surface area contributed by atoms with E-state index in [1.807, 2.05) is 13.0 Å². The van der Waals surface area contributed by atoms with Crippen LogP contribution in [0.2, 0.25) is 0 Å². The number of hydrogen-bond acceptors (Lipinski definition) is 4. The van der Waals surface area contributed by atoms with E-state index in [4.69, 9.17) is 0 Å². The van der Waals surface area contributed by atoms with Crippen LogP contribution in [0.3, 0.4) is 0 Å². The molecule has 2 atom stereocenters. The Kier molecular flexibility index (Phi) is 5.69. The highest BCUT2D eigenvalue weighted by molar-refractivity contribution is 7.85. The third-order valence-corrected chi connectivity index (χ3v) is 3.85. The van der Waals surface area contributed by atoms with Crippen molar-refractivity contribution >= 4 is 22.7 Å². The van der Waals surface area contributed by atoms with E-state index >= 15 is 0 Å². The number of benzene rings is 1. The van der Waals surface area contributed by atoms with E-state index in [-0.39, 0.29) is 11.7 Å². The van der Waals surface area contributed by atoms with Crippen LogP contribution in [0.1, 0.15) is 12.5 Å². The fourth-order valence-electron chi connectivity index (χ4n) is 1.56. The zero-order chi connectivity index (χ0) is 14.4. The summed E-state index contributed by atoms with van der Waals surface area (Å²) in [7, 11) is -0.149. The number of amides is 1. The van der Waals surface area contributed by atoms with E-state index in [2.05, 4.69) is 10.1 Å². The Morgan fingerprint density at radius 1 is 1.42 bits per heavy atom. The normalized spacial score (nSPS) is 13.4. The van der Waals surface area contributed by atoms with Gasteiger partial charge in [0.25, 0.3) is 0 Å². The lowest BCUT2D eigenvalue weighted by Gasteiger charge is -2.15. The molecule has 0 aliphatic rings. The molecule has 1 aromatic rings. The first-order chi connectivity index (χ1) is 8.93. The third kappa shape index (κ3) is 4.82. The minimum Gasteiger partial charge on any atom is -0.467 e. The van der Waals surface area contributed by atoms with Gasteiger partial charge in [-0.3, -0.25) is 9.00 Å².